The highest BCUT2D eigenvalue weighted by molar-refractivity contribution is 5.19. The predicted octanol–water partition coefficient (Wildman–Crippen LogP) is 3.61. The molecular formula is C15H15NO. The molecule has 0 aliphatic rings. The van der Waals surface area contributed by atoms with E-state index in [9.17, 15) is 4.91 Å². The summed E-state index contributed by atoms with van der Waals surface area (Å²) in [5, 5.41) is 3.23. The number of nitrogens with zero attached hydrogens (tertiary/aromatic N) is 1. The molecule has 0 aliphatic heterocycles. The van der Waals surface area contributed by atoms with Crippen LogP contribution in [0.1, 0.15) is 11.1 Å². The van der Waals surface area contributed by atoms with Crippen LogP contribution < -0.4 is 0 Å². The van der Waals surface area contributed by atoms with Crippen LogP contribution in [0.5, 0.6) is 0 Å². The van der Waals surface area contributed by atoms with Crippen molar-refractivity contribution in [3.63, 3.8) is 0 Å². The lowest BCUT2D eigenvalue weighted by atomic mass is 10.00. The summed E-state index contributed by atoms with van der Waals surface area (Å²) < 4.78 is 0. The molecule has 0 saturated heterocycles. The largest absolute Gasteiger partial charge is 0.150 e. The Morgan fingerprint density at radius 2 is 1.18 bits per heavy atom. The van der Waals surface area contributed by atoms with E-state index in [-0.39, 0.29) is 6.04 Å². The minimum absolute atomic E-state index is 0.181. The fraction of sp³-hybridized carbons (Fsp3) is 0.200. The third-order valence-electron chi connectivity index (χ3n) is 2.78. The summed E-state index contributed by atoms with van der Waals surface area (Å²) in [6.45, 7) is 0. The van der Waals surface area contributed by atoms with Crippen molar-refractivity contribution in [3.05, 3.63) is 76.7 Å². The van der Waals surface area contributed by atoms with E-state index in [1.54, 1.807) is 0 Å². The molecule has 2 aromatic carbocycles. The van der Waals surface area contributed by atoms with Gasteiger partial charge in [0.25, 0.3) is 0 Å². The molecule has 0 bridgehead atoms. The summed E-state index contributed by atoms with van der Waals surface area (Å²) in [6, 6.07) is 19.8. The fourth-order valence-electron chi connectivity index (χ4n) is 1.92. The number of hydrogen-bond acceptors (Lipinski definition) is 2. The molecule has 0 heterocycles. The molecule has 0 atom stereocenters. The summed E-state index contributed by atoms with van der Waals surface area (Å²) in [4.78, 5) is 10.9. The number of rotatable bonds is 5. The van der Waals surface area contributed by atoms with Gasteiger partial charge in [0.1, 0.15) is 0 Å². The Balaban J connectivity index is 2.01. The van der Waals surface area contributed by atoms with Crippen molar-refractivity contribution in [3.8, 4) is 0 Å². The highest BCUT2D eigenvalue weighted by atomic mass is 16.3. The van der Waals surface area contributed by atoms with Gasteiger partial charge < -0.3 is 0 Å². The molecule has 0 saturated carbocycles. The van der Waals surface area contributed by atoms with Gasteiger partial charge in [-0.05, 0) is 24.0 Å². The second-order valence-corrected chi connectivity index (χ2v) is 4.14. The van der Waals surface area contributed by atoms with E-state index in [4.69, 9.17) is 0 Å². The first kappa shape index (κ1) is 11.5. The first-order chi connectivity index (χ1) is 8.38. The van der Waals surface area contributed by atoms with Crippen LogP contribution in [0.2, 0.25) is 0 Å². The van der Waals surface area contributed by atoms with Gasteiger partial charge in [-0.3, -0.25) is 0 Å². The molecule has 2 nitrogen and oxygen atoms in total. The summed E-state index contributed by atoms with van der Waals surface area (Å²) in [6.07, 6.45) is 1.42. The number of hydrogen-bond donors (Lipinski definition) is 0. The van der Waals surface area contributed by atoms with Gasteiger partial charge in [0.05, 0.1) is 6.04 Å². The second kappa shape index (κ2) is 5.94. The quantitative estimate of drug-likeness (QED) is 0.715. The van der Waals surface area contributed by atoms with Gasteiger partial charge in [-0.1, -0.05) is 65.8 Å². The van der Waals surface area contributed by atoms with Crippen LogP contribution >= 0.6 is 0 Å². The third-order valence-corrected chi connectivity index (χ3v) is 2.78. The van der Waals surface area contributed by atoms with Gasteiger partial charge in [0.15, 0.2) is 0 Å². The maximum atomic E-state index is 10.9. The lowest BCUT2D eigenvalue weighted by Gasteiger charge is -2.09. The highest BCUT2D eigenvalue weighted by Gasteiger charge is 2.10. The molecule has 17 heavy (non-hydrogen) atoms. The monoisotopic (exact) mass is 225 g/mol. The molecule has 0 aromatic heterocycles. The van der Waals surface area contributed by atoms with Crippen molar-refractivity contribution in [2.24, 2.45) is 5.18 Å². The van der Waals surface area contributed by atoms with E-state index in [2.05, 4.69) is 5.18 Å². The van der Waals surface area contributed by atoms with Crippen LogP contribution in [-0.2, 0) is 12.8 Å². The maximum absolute atomic E-state index is 10.9. The topological polar surface area (TPSA) is 29.4 Å². The summed E-state index contributed by atoms with van der Waals surface area (Å²) in [5.41, 5.74) is 2.32. The Morgan fingerprint density at radius 3 is 1.53 bits per heavy atom. The van der Waals surface area contributed by atoms with Crippen molar-refractivity contribution in [1.29, 1.82) is 0 Å². The van der Waals surface area contributed by atoms with Crippen molar-refractivity contribution >= 4 is 0 Å². The minimum Gasteiger partial charge on any atom is -0.150 e. The standard InChI is InChI=1S/C15H15NO/c17-16-15(11-13-7-3-1-4-8-13)12-14-9-5-2-6-10-14/h1-10,15H,11-12H2. The van der Waals surface area contributed by atoms with Crippen LogP contribution in [0, 0.1) is 4.91 Å². The average Bonchev–Trinajstić information content (AvgIpc) is 2.40. The SMILES string of the molecule is O=NC(Cc1ccccc1)Cc1ccccc1. The smallest absolute Gasteiger partial charge is 0.1000 e. The zero-order valence-corrected chi connectivity index (χ0v) is 9.62. The second-order valence-electron chi connectivity index (χ2n) is 4.14. The van der Waals surface area contributed by atoms with Crippen LogP contribution in [-0.4, -0.2) is 6.04 Å². The Labute approximate surface area is 101 Å². The van der Waals surface area contributed by atoms with Crippen molar-refractivity contribution < 1.29 is 0 Å². The van der Waals surface area contributed by atoms with Crippen LogP contribution in [0.25, 0.3) is 0 Å². The zero-order valence-electron chi connectivity index (χ0n) is 9.62. The normalized spacial score (nSPS) is 10.4. The van der Waals surface area contributed by atoms with E-state index < -0.39 is 0 Å². The van der Waals surface area contributed by atoms with E-state index >= 15 is 0 Å². The van der Waals surface area contributed by atoms with Crippen LogP contribution in [0.15, 0.2) is 65.8 Å². The lowest BCUT2D eigenvalue weighted by molar-refractivity contribution is 0.662. The van der Waals surface area contributed by atoms with E-state index in [1.165, 1.54) is 0 Å². The molecule has 2 aromatic rings. The number of benzene rings is 2. The zero-order chi connectivity index (χ0) is 11.9. The van der Waals surface area contributed by atoms with Gasteiger partial charge in [0.2, 0.25) is 0 Å². The molecular weight excluding hydrogens is 210 g/mol. The van der Waals surface area contributed by atoms with E-state index in [0.29, 0.717) is 12.8 Å². The first-order valence-electron chi connectivity index (χ1n) is 5.79. The van der Waals surface area contributed by atoms with Crippen molar-refractivity contribution in [1.82, 2.24) is 0 Å². The summed E-state index contributed by atoms with van der Waals surface area (Å²) >= 11 is 0. The Bertz CT molecular complexity index is 411. The lowest BCUT2D eigenvalue weighted by Crippen LogP contribution is -2.11. The van der Waals surface area contributed by atoms with E-state index in [0.717, 1.165) is 11.1 Å². The van der Waals surface area contributed by atoms with Gasteiger partial charge in [0, 0.05) is 0 Å². The Kier molecular flexibility index (Phi) is 4.03. The molecule has 0 radical (unpaired) electrons. The first-order valence-corrected chi connectivity index (χ1v) is 5.79. The van der Waals surface area contributed by atoms with E-state index in [1.807, 2.05) is 60.7 Å². The van der Waals surface area contributed by atoms with Crippen molar-refractivity contribution in [2.45, 2.75) is 18.9 Å². The molecule has 0 amide bonds. The van der Waals surface area contributed by atoms with Gasteiger partial charge in [-0.2, -0.15) is 4.91 Å². The number of nitroso groups, excluding NO2 is 1. The molecule has 2 heteroatoms. The molecule has 2 rings (SSSR count). The Hall–Kier alpha value is -1.96. The van der Waals surface area contributed by atoms with Crippen LogP contribution in [0.3, 0.4) is 0 Å². The molecule has 0 aliphatic carbocycles. The average molecular weight is 225 g/mol. The fourth-order valence-corrected chi connectivity index (χ4v) is 1.92. The third kappa shape index (κ3) is 3.52. The van der Waals surface area contributed by atoms with Crippen LogP contribution in [0.4, 0.5) is 0 Å². The van der Waals surface area contributed by atoms with Gasteiger partial charge >= 0.3 is 0 Å². The van der Waals surface area contributed by atoms with Crippen molar-refractivity contribution in [2.75, 3.05) is 0 Å². The van der Waals surface area contributed by atoms with Gasteiger partial charge in [-0.15, -0.1) is 0 Å². The minimum atomic E-state index is -0.181. The highest BCUT2D eigenvalue weighted by Crippen LogP contribution is 2.11. The molecule has 0 spiro atoms. The molecule has 0 fully saturated rings. The summed E-state index contributed by atoms with van der Waals surface area (Å²) in [5.74, 6) is 0. The Morgan fingerprint density at radius 1 is 0.765 bits per heavy atom. The molecule has 0 unspecified atom stereocenters. The van der Waals surface area contributed by atoms with Gasteiger partial charge in [-0.25, -0.2) is 0 Å². The molecule has 86 valence electrons. The molecule has 0 N–H and O–H groups in total. The predicted molar refractivity (Wildman–Crippen MR) is 69.9 cm³/mol. The summed E-state index contributed by atoms with van der Waals surface area (Å²) in [7, 11) is 0. The maximum Gasteiger partial charge on any atom is 0.1000 e.